The van der Waals surface area contributed by atoms with Crippen molar-refractivity contribution in [2.24, 2.45) is 0 Å². The molecule has 0 saturated carbocycles. The van der Waals surface area contributed by atoms with Crippen molar-refractivity contribution >= 4 is 29.5 Å². The van der Waals surface area contributed by atoms with Gasteiger partial charge in [-0.05, 0) is 43.5 Å². The van der Waals surface area contributed by atoms with Crippen LogP contribution in [0.2, 0.25) is 0 Å². The quantitative estimate of drug-likeness (QED) is 0.376. The van der Waals surface area contributed by atoms with Crippen molar-refractivity contribution in [3.05, 3.63) is 41.7 Å². The van der Waals surface area contributed by atoms with Crippen LogP contribution in [-0.2, 0) is 31.9 Å². The minimum Gasteiger partial charge on any atom is -0.481 e. The van der Waals surface area contributed by atoms with Crippen molar-refractivity contribution in [3.63, 3.8) is 0 Å². The van der Waals surface area contributed by atoms with E-state index in [1.807, 2.05) is 0 Å². The molecule has 0 spiro atoms. The fraction of sp³-hybridized carbons (Fsp3) is 0.478. The van der Waals surface area contributed by atoms with E-state index in [9.17, 15) is 42.3 Å². The number of carboxylic acid groups (broad SMARTS) is 1. The van der Waals surface area contributed by atoms with Gasteiger partial charge in [-0.1, -0.05) is 18.2 Å². The van der Waals surface area contributed by atoms with Crippen LogP contribution in [0.5, 0.6) is 0 Å². The van der Waals surface area contributed by atoms with Gasteiger partial charge in [0.2, 0.25) is 11.8 Å². The maximum atomic E-state index is 13.2. The van der Waals surface area contributed by atoms with Crippen molar-refractivity contribution in [2.45, 2.75) is 63.5 Å². The number of carbonyl (C=O) groups is 5. The van der Waals surface area contributed by atoms with E-state index in [4.69, 9.17) is 0 Å². The molecule has 13 nitrogen and oxygen atoms in total. The summed E-state index contributed by atoms with van der Waals surface area (Å²) in [6.07, 6.45) is -4.32. The Kier molecular flexibility index (Phi) is 9.32. The van der Waals surface area contributed by atoms with Crippen molar-refractivity contribution < 1.29 is 42.3 Å². The molecule has 3 N–H and O–H groups in total. The number of halogens is 3. The number of nitrogens with one attached hydrogen (secondary N) is 2. The molecule has 1 saturated heterocycles. The second-order valence-electron chi connectivity index (χ2n) is 8.86. The smallest absolute Gasteiger partial charge is 0.455 e. The van der Waals surface area contributed by atoms with E-state index in [0.717, 1.165) is 0 Å². The van der Waals surface area contributed by atoms with Crippen LogP contribution in [0.3, 0.4) is 0 Å². The lowest BCUT2D eigenvalue weighted by molar-refractivity contribution is -0.145. The fourth-order valence-corrected chi connectivity index (χ4v) is 3.94. The standard InChI is InChI=1S/C23H26F3N7O6/c1-13(32-10-6-5-9-15(21(32)39)27-20(38)14-7-3-2-4-8-14)19(37)28-16(11-18(35)36)17(34)12-33-30-22(29-31-33)23(24,25)26/h2-4,7-8,13,15-16H,5-6,9-12H2,1H3,(H,27,38)(H,28,37)(H,35,36)/t13?,15-,16?/m0/s1. The Labute approximate surface area is 219 Å². The van der Waals surface area contributed by atoms with Gasteiger partial charge in [-0.3, -0.25) is 24.0 Å². The van der Waals surface area contributed by atoms with Gasteiger partial charge in [0.25, 0.3) is 11.7 Å². The summed E-state index contributed by atoms with van der Waals surface area (Å²) in [5.74, 6) is -5.88. The Balaban J connectivity index is 1.68. The van der Waals surface area contributed by atoms with Crippen LogP contribution in [-0.4, -0.2) is 84.4 Å². The number of amides is 3. The van der Waals surface area contributed by atoms with Gasteiger partial charge in [-0.15, -0.1) is 10.2 Å². The number of tetrazole rings is 1. The molecule has 2 aromatic rings. The van der Waals surface area contributed by atoms with Crippen LogP contribution in [0.25, 0.3) is 0 Å². The molecule has 0 aliphatic carbocycles. The first-order valence-corrected chi connectivity index (χ1v) is 11.9. The molecule has 0 radical (unpaired) electrons. The molecule has 1 aromatic heterocycles. The van der Waals surface area contributed by atoms with Gasteiger partial charge in [0, 0.05) is 12.1 Å². The zero-order valence-corrected chi connectivity index (χ0v) is 20.7. The van der Waals surface area contributed by atoms with Crippen LogP contribution in [0, 0.1) is 0 Å². The summed E-state index contributed by atoms with van der Waals surface area (Å²) < 4.78 is 38.1. The van der Waals surface area contributed by atoms with Crippen molar-refractivity contribution in [3.8, 4) is 0 Å². The number of Topliss-reactive ketones (excluding diaryl/α,β-unsaturated/α-hetero) is 1. The molecule has 0 bridgehead atoms. The Morgan fingerprint density at radius 2 is 1.85 bits per heavy atom. The number of rotatable bonds is 10. The number of carbonyl (C=O) groups excluding carboxylic acids is 4. The van der Waals surface area contributed by atoms with E-state index in [2.05, 4.69) is 26.0 Å². The fourth-order valence-electron chi connectivity index (χ4n) is 3.94. The molecule has 2 heterocycles. The molecule has 3 atom stereocenters. The van der Waals surface area contributed by atoms with E-state index in [0.29, 0.717) is 29.6 Å². The lowest BCUT2D eigenvalue weighted by Gasteiger charge is -2.30. The third kappa shape index (κ3) is 7.81. The summed E-state index contributed by atoms with van der Waals surface area (Å²) in [5, 5.41) is 23.1. The Morgan fingerprint density at radius 1 is 1.15 bits per heavy atom. The van der Waals surface area contributed by atoms with E-state index in [1.165, 1.54) is 11.8 Å². The summed E-state index contributed by atoms with van der Waals surface area (Å²) in [5.41, 5.74) is 0.353. The molecular formula is C23H26F3N7O6. The van der Waals surface area contributed by atoms with Gasteiger partial charge >= 0.3 is 12.1 Å². The predicted octanol–water partition coefficient (Wildman–Crippen LogP) is 0.420. The number of alkyl halides is 3. The third-order valence-corrected chi connectivity index (χ3v) is 6.00. The van der Waals surface area contributed by atoms with Crippen LogP contribution in [0.15, 0.2) is 30.3 Å². The molecule has 1 aliphatic rings. The van der Waals surface area contributed by atoms with Gasteiger partial charge in [0.05, 0.1) is 6.42 Å². The zero-order chi connectivity index (χ0) is 28.7. The van der Waals surface area contributed by atoms with Crippen molar-refractivity contribution in [1.82, 2.24) is 35.7 Å². The topological polar surface area (TPSA) is 176 Å². The van der Waals surface area contributed by atoms with Crippen molar-refractivity contribution in [1.29, 1.82) is 0 Å². The first-order valence-electron chi connectivity index (χ1n) is 11.9. The van der Waals surface area contributed by atoms with E-state index < -0.39 is 72.6 Å². The average molecular weight is 553 g/mol. The summed E-state index contributed by atoms with van der Waals surface area (Å²) in [6.45, 7) is 0.670. The molecule has 39 heavy (non-hydrogen) atoms. The van der Waals surface area contributed by atoms with Gasteiger partial charge in [-0.2, -0.15) is 18.0 Å². The lowest BCUT2D eigenvalue weighted by atomic mass is 10.1. The summed E-state index contributed by atoms with van der Waals surface area (Å²) >= 11 is 0. The number of nitrogens with zero attached hydrogens (tertiary/aromatic N) is 5. The molecule has 1 aromatic carbocycles. The number of carboxylic acids is 1. The van der Waals surface area contributed by atoms with Crippen LogP contribution < -0.4 is 10.6 Å². The van der Waals surface area contributed by atoms with Gasteiger partial charge in [-0.25, -0.2) is 0 Å². The maximum absolute atomic E-state index is 13.2. The van der Waals surface area contributed by atoms with E-state index in [-0.39, 0.29) is 6.54 Å². The number of aliphatic carboxylic acids is 1. The second-order valence-corrected chi connectivity index (χ2v) is 8.86. The highest BCUT2D eigenvalue weighted by Crippen LogP contribution is 2.24. The summed E-state index contributed by atoms with van der Waals surface area (Å²) in [7, 11) is 0. The molecule has 1 fully saturated rings. The highest BCUT2D eigenvalue weighted by Gasteiger charge is 2.38. The minimum absolute atomic E-state index is 0.172. The first kappa shape index (κ1) is 29.2. The highest BCUT2D eigenvalue weighted by molar-refractivity contribution is 5.99. The normalized spacial score (nSPS) is 17.6. The van der Waals surface area contributed by atoms with Crippen LogP contribution in [0.4, 0.5) is 13.2 Å². The molecular weight excluding hydrogens is 527 g/mol. The van der Waals surface area contributed by atoms with E-state index >= 15 is 0 Å². The lowest BCUT2D eigenvalue weighted by Crippen LogP contribution is -2.56. The number of ketones is 1. The van der Waals surface area contributed by atoms with Crippen molar-refractivity contribution in [2.75, 3.05) is 6.54 Å². The second kappa shape index (κ2) is 12.4. The Bertz CT molecular complexity index is 1220. The number of hydrogen-bond acceptors (Lipinski definition) is 8. The molecule has 3 rings (SSSR count). The molecule has 1 aliphatic heterocycles. The summed E-state index contributed by atoms with van der Waals surface area (Å²) in [6, 6.07) is 4.54. The van der Waals surface area contributed by atoms with Crippen LogP contribution >= 0.6 is 0 Å². The molecule has 2 unspecified atom stereocenters. The monoisotopic (exact) mass is 553 g/mol. The van der Waals surface area contributed by atoms with Gasteiger partial charge in [0.1, 0.15) is 24.7 Å². The maximum Gasteiger partial charge on any atom is 0.455 e. The Morgan fingerprint density at radius 3 is 2.46 bits per heavy atom. The third-order valence-electron chi connectivity index (χ3n) is 6.00. The van der Waals surface area contributed by atoms with Gasteiger partial charge < -0.3 is 20.6 Å². The number of likely N-dealkylation sites (tertiary alicyclic amines) is 1. The largest absolute Gasteiger partial charge is 0.481 e. The average Bonchev–Trinajstić information content (AvgIpc) is 3.28. The number of aromatic nitrogens is 4. The highest BCUT2D eigenvalue weighted by atomic mass is 19.4. The first-order chi connectivity index (χ1) is 18.4. The van der Waals surface area contributed by atoms with Gasteiger partial charge in [0.15, 0.2) is 5.78 Å². The predicted molar refractivity (Wildman–Crippen MR) is 125 cm³/mol. The zero-order valence-electron chi connectivity index (χ0n) is 20.7. The molecule has 3 amide bonds. The summed E-state index contributed by atoms with van der Waals surface area (Å²) in [4.78, 5) is 64.3. The SMILES string of the molecule is CC(C(=O)NC(CC(=O)O)C(=O)Cn1nnc(C(F)(F)F)n1)N1CCCC[C@H](NC(=O)c2ccccc2)C1=O. The number of hydrogen-bond donors (Lipinski definition) is 3. The minimum atomic E-state index is -4.90. The molecule has 16 heteroatoms. The van der Waals surface area contributed by atoms with E-state index in [1.54, 1.807) is 30.3 Å². The Hall–Kier alpha value is -4.37. The number of benzene rings is 1. The molecule has 210 valence electrons. The van der Waals surface area contributed by atoms with Crippen LogP contribution in [0.1, 0.15) is 48.8 Å².